The lowest BCUT2D eigenvalue weighted by molar-refractivity contribution is 0.0951. The maximum atomic E-state index is 13.6. The molecule has 2 rings (SSSR count). The van der Waals surface area contributed by atoms with Gasteiger partial charge in [-0.25, -0.2) is 9.82 Å². The number of rotatable bonds is 3. The van der Waals surface area contributed by atoms with Crippen molar-refractivity contribution in [3.8, 4) is 6.07 Å². The van der Waals surface area contributed by atoms with Crippen LogP contribution in [0, 0.1) is 17.1 Å². The molecule has 0 bridgehead atoms. The van der Waals surface area contributed by atoms with Crippen molar-refractivity contribution in [2.45, 2.75) is 0 Å². The van der Waals surface area contributed by atoms with Crippen molar-refractivity contribution < 1.29 is 9.18 Å². The van der Waals surface area contributed by atoms with E-state index >= 15 is 0 Å². The van der Waals surface area contributed by atoms with Crippen LogP contribution < -0.4 is 5.43 Å². The number of halogens is 2. The number of benzene rings is 2. The van der Waals surface area contributed by atoms with Gasteiger partial charge in [-0.1, -0.05) is 28.1 Å². The topological polar surface area (TPSA) is 65.2 Å². The zero-order valence-electron chi connectivity index (χ0n) is 10.7. The molecule has 0 unspecified atom stereocenters. The number of hydrogen-bond acceptors (Lipinski definition) is 3. The Bertz CT molecular complexity index is 753. The van der Waals surface area contributed by atoms with E-state index in [0.29, 0.717) is 0 Å². The molecule has 104 valence electrons. The summed E-state index contributed by atoms with van der Waals surface area (Å²) in [5, 5.41) is 12.4. The van der Waals surface area contributed by atoms with E-state index < -0.39 is 11.7 Å². The Morgan fingerprint density at radius 3 is 2.81 bits per heavy atom. The minimum atomic E-state index is -0.760. The molecular weight excluding hydrogens is 337 g/mol. The van der Waals surface area contributed by atoms with Gasteiger partial charge in [0.05, 0.1) is 23.4 Å². The zero-order chi connectivity index (χ0) is 15.2. The van der Waals surface area contributed by atoms with E-state index in [0.717, 1.165) is 16.1 Å². The zero-order valence-corrected chi connectivity index (χ0v) is 12.3. The fraction of sp³-hybridized carbons (Fsp3) is 0. The molecule has 2 aromatic carbocycles. The molecule has 0 saturated heterocycles. The molecule has 0 aliphatic carbocycles. The summed E-state index contributed by atoms with van der Waals surface area (Å²) in [4.78, 5) is 11.8. The Hall–Kier alpha value is -2.52. The molecule has 6 heteroatoms. The van der Waals surface area contributed by atoms with Gasteiger partial charge in [-0.15, -0.1) is 0 Å². The Morgan fingerprint density at radius 1 is 1.33 bits per heavy atom. The van der Waals surface area contributed by atoms with Gasteiger partial charge < -0.3 is 0 Å². The van der Waals surface area contributed by atoms with Crippen LogP contribution in [0.5, 0.6) is 0 Å². The molecule has 0 saturated carbocycles. The SMILES string of the molecule is N#Cc1ccc(C(=O)N/N=C\c2cccc(Br)c2)c(F)c1. The fourth-order valence-corrected chi connectivity index (χ4v) is 2.00. The lowest BCUT2D eigenvalue weighted by Gasteiger charge is -2.01. The van der Waals surface area contributed by atoms with Gasteiger partial charge >= 0.3 is 0 Å². The Morgan fingerprint density at radius 2 is 2.14 bits per heavy atom. The molecule has 1 amide bonds. The highest BCUT2D eigenvalue weighted by Gasteiger charge is 2.11. The molecule has 0 spiro atoms. The van der Waals surface area contributed by atoms with Crippen molar-refractivity contribution >= 4 is 28.1 Å². The number of hydrogen-bond donors (Lipinski definition) is 1. The number of amides is 1. The Labute approximate surface area is 129 Å². The van der Waals surface area contributed by atoms with Crippen LogP contribution >= 0.6 is 15.9 Å². The predicted molar refractivity (Wildman–Crippen MR) is 80.3 cm³/mol. The first-order valence-electron chi connectivity index (χ1n) is 5.89. The van der Waals surface area contributed by atoms with Gasteiger partial charge in [0.2, 0.25) is 0 Å². The number of nitrogens with zero attached hydrogens (tertiary/aromatic N) is 2. The average molecular weight is 346 g/mol. The summed E-state index contributed by atoms with van der Waals surface area (Å²) >= 11 is 3.32. The summed E-state index contributed by atoms with van der Waals surface area (Å²) in [7, 11) is 0. The quantitative estimate of drug-likeness (QED) is 0.685. The fourth-order valence-electron chi connectivity index (χ4n) is 1.58. The van der Waals surface area contributed by atoms with Crippen LogP contribution in [0.1, 0.15) is 21.5 Å². The maximum absolute atomic E-state index is 13.6. The first-order valence-corrected chi connectivity index (χ1v) is 6.68. The predicted octanol–water partition coefficient (Wildman–Crippen LogP) is 3.22. The molecule has 0 aliphatic heterocycles. The standard InChI is InChI=1S/C15H9BrFN3O/c16-12-3-1-2-11(6-12)9-19-20-15(21)13-5-4-10(8-18)7-14(13)17/h1-7,9H,(H,20,21)/b19-9-. The second-order valence-electron chi connectivity index (χ2n) is 4.06. The highest BCUT2D eigenvalue weighted by molar-refractivity contribution is 9.10. The minimum absolute atomic E-state index is 0.154. The third kappa shape index (κ3) is 3.97. The third-order valence-electron chi connectivity index (χ3n) is 2.57. The first-order chi connectivity index (χ1) is 10.1. The van der Waals surface area contributed by atoms with E-state index in [1.54, 1.807) is 6.07 Å². The summed E-state index contributed by atoms with van der Waals surface area (Å²) in [6, 6.07) is 12.7. The second-order valence-corrected chi connectivity index (χ2v) is 4.98. The van der Waals surface area contributed by atoms with Gasteiger partial charge in [0.1, 0.15) is 5.82 Å². The molecule has 4 nitrogen and oxygen atoms in total. The van der Waals surface area contributed by atoms with Gasteiger partial charge in [0.25, 0.3) is 5.91 Å². The van der Waals surface area contributed by atoms with Crippen molar-refractivity contribution in [3.63, 3.8) is 0 Å². The van der Waals surface area contributed by atoms with Crippen LogP contribution in [-0.4, -0.2) is 12.1 Å². The Kier molecular flexibility index (Phi) is 4.80. The number of nitrogens with one attached hydrogen (secondary N) is 1. The number of hydrazone groups is 1. The van der Waals surface area contributed by atoms with Crippen LogP contribution in [0.25, 0.3) is 0 Å². The van der Waals surface area contributed by atoms with Gasteiger partial charge in [-0.2, -0.15) is 10.4 Å². The molecule has 21 heavy (non-hydrogen) atoms. The molecule has 0 heterocycles. The largest absolute Gasteiger partial charge is 0.274 e. The minimum Gasteiger partial charge on any atom is -0.267 e. The number of nitriles is 1. The molecule has 0 aromatic heterocycles. The summed E-state index contributed by atoms with van der Waals surface area (Å²) < 4.78 is 14.5. The summed E-state index contributed by atoms with van der Waals surface area (Å²) in [5.41, 5.74) is 3.01. The van der Waals surface area contributed by atoms with Gasteiger partial charge in [0, 0.05) is 4.47 Å². The average Bonchev–Trinajstić information content (AvgIpc) is 2.47. The van der Waals surface area contributed by atoms with Crippen LogP contribution in [0.15, 0.2) is 52.0 Å². The number of carbonyl (C=O) groups excluding carboxylic acids is 1. The van der Waals surface area contributed by atoms with Crippen LogP contribution in [0.2, 0.25) is 0 Å². The molecule has 1 N–H and O–H groups in total. The van der Waals surface area contributed by atoms with E-state index in [2.05, 4.69) is 26.5 Å². The monoisotopic (exact) mass is 345 g/mol. The second kappa shape index (κ2) is 6.77. The van der Waals surface area contributed by atoms with E-state index in [-0.39, 0.29) is 11.1 Å². The highest BCUT2D eigenvalue weighted by atomic mass is 79.9. The highest BCUT2D eigenvalue weighted by Crippen LogP contribution is 2.11. The molecular formula is C15H9BrFN3O. The maximum Gasteiger partial charge on any atom is 0.274 e. The van der Waals surface area contributed by atoms with E-state index in [1.165, 1.54) is 18.3 Å². The molecule has 0 atom stereocenters. The van der Waals surface area contributed by atoms with Crippen molar-refractivity contribution in [2.75, 3.05) is 0 Å². The third-order valence-corrected chi connectivity index (χ3v) is 3.06. The summed E-state index contributed by atoms with van der Waals surface area (Å²) in [6.07, 6.45) is 1.45. The van der Waals surface area contributed by atoms with E-state index in [1.807, 2.05) is 24.3 Å². The van der Waals surface area contributed by atoms with Crippen molar-refractivity contribution in [1.82, 2.24) is 5.43 Å². The van der Waals surface area contributed by atoms with Crippen molar-refractivity contribution in [1.29, 1.82) is 5.26 Å². The van der Waals surface area contributed by atoms with Crippen molar-refractivity contribution in [2.24, 2.45) is 5.10 Å². The lowest BCUT2D eigenvalue weighted by atomic mass is 10.1. The smallest absolute Gasteiger partial charge is 0.267 e. The first kappa shape index (κ1) is 14.9. The van der Waals surface area contributed by atoms with Gasteiger partial charge in [-0.05, 0) is 35.9 Å². The lowest BCUT2D eigenvalue weighted by Crippen LogP contribution is -2.19. The normalized spacial score (nSPS) is 10.3. The molecule has 0 fully saturated rings. The van der Waals surface area contributed by atoms with Crippen molar-refractivity contribution in [3.05, 3.63) is 69.4 Å². The van der Waals surface area contributed by atoms with Crippen LogP contribution in [0.4, 0.5) is 4.39 Å². The van der Waals surface area contributed by atoms with Gasteiger partial charge in [-0.3, -0.25) is 4.79 Å². The van der Waals surface area contributed by atoms with Crippen LogP contribution in [-0.2, 0) is 0 Å². The molecule has 0 aliphatic rings. The number of carbonyl (C=O) groups is 1. The van der Waals surface area contributed by atoms with Gasteiger partial charge in [0.15, 0.2) is 0 Å². The summed E-state index contributed by atoms with van der Waals surface area (Å²) in [6.45, 7) is 0. The molecule has 2 aromatic rings. The van der Waals surface area contributed by atoms with Crippen LogP contribution in [0.3, 0.4) is 0 Å². The Balaban J connectivity index is 2.07. The van der Waals surface area contributed by atoms with E-state index in [4.69, 9.17) is 5.26 Å². The summed E-state index contributed by atoms with van der Waals surface area (Å²) in [5.74, 6) is -1.44. The van der Waals surface area contributed by atoms with E-state index in [9.17, 15) is 9.18 Å². The molecule has 0 radical (unpaired) electrons.